The minimum absolute atomic E-state index is 0.173. The molecule has 0 aliphatic carbocycles. The number of hydrogen-bond donors (Lipinski definition) is 1. The molecule has 2 atom stereocenters. The number of furan rings is 1. The van der Waals surface area contributed by atoms with Crippen molar-refractivity contribution in [3.8, 4) is 11.3 Å². The quantitative estimate of drug-likeness (QED) is 0.299. The summed E-state index contributed by atoms with van der Waals surface area (Å²) < 4.78 is 6.38. The van der Waals surface area contributed by atoms with E-state index in [0.29, 0.717) is 20.9 Å². The third-order valence-corrected chi connectivity index (χ3v) is 7.04. The highest BCUT2D eigenvalue weighted by molar-refractivity contribution is 7.80. The van der Waals surface area contributed by atoms with Crippen molar-refractivity contribution >= 4 is 46.2 Å². The molecule has 4 aromatic rings. The van der Waals surface area contributed by atoms with Gasteiger partial charge in [-0.15, -0.1) is 0 Å². The zero-order valence-corrected chi connectivity index (χ0v) is 20.4. The van der Waals surface area contributed by atoms with Crippen molar-refractivity contribution in [2.75, 3.05) is 4.90 Å². The monoisotopic (exact) mass is 493 g/mol. The number of benzene rings is 2. The molecule has 0 bridgehead atoms. The molecule has 0 amide bonds. The first-order valence-electron chi connectivity index (χ1n) is 10.6. The molecule has 4 nitrogen and oxygen atoms in total. The van der Waals surface area contributed by atoms with Crippen LogP contribution in [0.2, 0.25) is 10.0 Å². The van der Waals surface area contributed by atoms with Crippen LogP contribution in [0, 0.1) is 13.8 Å². The van der Waals surface area contributed by atoms with Gasteiger partial charge in [0.2, 0.25) is 0 Å². The smallest absolute Gasteiger partial charge is 0.174 e. The molecule has 1 aliphatic rings. The fourth-order valence-corrected chi connectivity index (χ4v) is 4.76. The minimum atomic E-state index is -0.217. The van der Waals surface area contributed by atoms with Gasteiger partial charge in [-0.3, -0.25) is 4.98 Å². The highest BCUT2D eigenvalue weighted by Crippen LogP contribution is 2.43. The lowest BCUT2D eigenvalue weighted by molar-refractivity contribution is 0.439. The van der Waals surface area contributed by atoms with Crippen LogP contribution >= 0.6 is 35.4 Å². The second kappa shape index (κ2) is 8.82. The Balaban J connectivity index is 1.61. The van der Waals surface area contributed by atoms with Crippen LogP contribution in [0.4, 0.5) is 5.69 Å². The third-order valence-electron chi connectivity index (χ3n) is 5.99. The number of rotatable bonds is 4. The summed E-state index contributed by atoms with van der Waals surface area (Å²) in [5.41, 5.74) is 5.19. The van der Waals surface area contributed by atoms with Gasteiger partial charge in [-0.05, 0) is 91.8 Å². The first-order valence-corrected chi connectivity index (χ1v) is 11.7. The van der Waals surface area contributed by atoms with Crippen LogP contribution in [-0.2, 0) is 0 Å². The molecule has 33 heavy (non-hydrogen) atoms. The zero-order chi connectivity index (χ0) is 23.1. The van der Waals surface area contributed by atoms with E-state index in [0.717, 1.165) is 22.7 Å². The van der Waals surface area contributed by atoms with Gasteiger partial charge in [0.05, 0.1) is 21.8 Å². The zero-order valence-electron chi connectivity index (χ0n) is 18.0. The maximum atomic E-state index is 6.38. The normalized spacial score (nSPS) is 17.9. The number of halogens is 2. The Labute approximate surface area is 208 Å². The number of aromatic nitrogens is 1. The largest absolute Gasteiger partial charge is 0.459 e. The Morgan fingerprint density at radius 2 is 1.79 bits per heavy atom. The van der Waals surface area contributed by atoms with E-state index in [-0.39, 0.29) is 12.1 Å². The Kier molecular flexibility index (Phi) is 5.87. The molecular formula is C26H21Cl2N3OS. The predicted molar refractivity (Wildman–Crippen MR) is 138 cm³/mol. The second-order valence-electron chi connectivity index (χ2n) is 8.10. The molecule has 1 fully saturated rings. The SMILES string of the molecule is Cc1ccc(N2C(=S)NC(c3ccccn3)C2c2ccc(-c3ccc(Cl)c(Cl)c3)o2)cc1C. The van der Waals surface area contributed by atoms with E-state index < -0.39 is 0 Å². The van der Waals surface area contributed by atoms with Crippen molar-refractivity contribution in [1.29, 1.82) is 0 Å². The fourth-order valence-electron chi connectivity index (χ4n) is 4.11. The van der Waals surface area contributed by atoms with E-state index in [1.165, 1.54) is 11.1 Å². The molecule has 0 radical (unpaired) electrons. The maximum Gasteiger partial charge on any atom is 0.174 e. The second-order valence-corrected chi connectivity index (χ2v) is 9.30. The Morgan fingerprint density at radius 1 is 0.939 bits per heavy atom. The Morgan fingerprint density at radius 3 is 2.52 bits per heavy atom. The molecule has 3 heterocycles. The van der Waals surface area contributed by atoms with Crippen molar-refractivity contribution in [1.82, 2.24) is 10.3 Å². The highest BCUT2D eigenvalue weighted by Gasteiger charge is 2.42. The summed E-state index contributed by atoms with van der Waals surface area (Å²) in [6.07, 6.45) is 1.79. The molecular weight excluding hydrogens is 473 g/mol. The molecule has 2 aromatic heterocycles. The number of hydrogen-bond acceptors (Lipinski definition) is 3. The molecule has 2 unspecified atom stereocenters. The van der Waals surface area contributed by atoms with Crippen LogP contribution in [-0.4, -0.2) is 10.1 Å². The average Bonchev–Trinajstić information content (AvgIpc) is 3.43. The van der Waals surface area contributed by atoms with Crippen molar-refractivity contribution < 1.29 is 4.42 Å². The number of thiocarbonyl (C=S) groups is 1. The van der Waals surface area contributed by atoms with Crippen molar-refractivity contribution in [2.24, 2.45) is 0 Å². The predicted octanol–water partition coefficient (Wildman–Crippen LogP) is 7.44. The first kappa shape index (κ1) is 22.0. The number of anilines is 1. The van der Waals surface area contributed by atoms with Crippen LogP contribution in [0.15, 0.2) is 77.3 Å². The molecule has 0 saturated carbocycles. The van der Waals surface area contributed by atoms with Gasteiger partial charge in [0.25, 0.3) is 0 Å². The van der Waals surface area contributed by atoms with Gasteiger partial charge in [-0.1, -0.05) is 35.3 Å². The molecule has 5 rings (SSSR count). The lowest BCUT2D eigenvalue weighted by Gasteiger charge is -2.26. The molecule has 166 valence electrons. The number of nitrogens with one attached hydrogen (secondary N) is 1. The Bertz CT molecular complexity index is 1340. The topological polar surface area (TPSA) is 41.3 Å². The summed E-state index contributed by atoms with van der Waals surface area (Å²) in [6.45, 7) is 4.20. The van der Waals surface area contributed by atoms with Crippen LogP contribution < -0.4 is 10.2 Å². The lowest BCUT2D eigenvalue weighted by Crippen LogP contribution is -2.29. The van der Waals surface area contributed by atoms with Crippen molar-refractivity contribution in [3.05, 3.63) is 106 Å². The standard InChI is InChI=1S/C26H21Cl2N3OS/c1-15-6-8-18(13-16(15)2)31-25(24(30-26(31)33)21-5-3-4-12-29-21)23-11-10-22(32-23)17-7-9-19(27)20(28)14-17/h3-14,24-25H,1-2H3,(H,30,33). The van der Waals surface area contributed by atoms with Gasteiger partial charge in [0.1, 0.15) is 17.6 Å². The average molecular weight is 494 g/mol. The van der Waals surface area contributed by atoms with Gasteiger partial charge < -0.3 is 14.6 Å². The third kappa shape index (κ3) is 4.12. The van der Waals surface area contributed by atoms with Crippen LogP contribution in [0.1, 0.15) is 34.7 Å². The summed E-state index contributed by atoms with van der Waals surface area (Å²) in [7, 11) is 0. The molecule has 1 saturated heterocycles. The summed E-state index contributed by atoms with van der Waals surface area (Å²) in [6, 6.07) is 21.3. The van der Waals surface area contributed by atoms with Gasteiger partial charge in [0.15, 0.2) is 5.11 Å². The fraction of sp³-hybridized carbons (Fsp3) is 0.154. The molecule has 0 spiro atoms. The first-order chi connectivity index (χ1) is 15.9. The number of nitrogens with zero attached hydrogens (tertiary/aromatic N) is 2. The van der Waals surface area contributed by atoms with E-state index in [1.54, 1.807) is 18.3 Å². The van der Waals surface area contributed by atoms with E-state index in [9.17, 15) is 0 Å². The number of pyridine rings is 1. The Hall–Kier alpha value is -2.86. The van der Waals surface area contributed by atoms with Gasteiger partial charge in [0, 0.05) is 17.4 Å². The van der Waals surface area contributed by atoms with Gasteiger partial charge in [-0.25, -0.2) is 0 Å². The highest BCUT2D eigenvalue weighted by atomic mass is 35.5. The summed E-state index contributed by atoms with van der Waals surface area (Å²) in [5.74, 6) is 1.48. The molecule has 1 N–H and O–H groups in total. The molecule has 1 aliphatic heterocycles. The van der Waals surface area contributed by atoms with E-state index in [2.05, 4.69) is 47.2 Å². The molecule has 2 aromatic carbocycles. The number of aryl methyl sites for hydroxylation is 2. The van der Waals surface area contributed by atoms with E-state index in [1.807, 2.05) is 36.4 Å². The van der Waals surface area contributed by atoms with Crippen LogP contribution in [0.3, 0.4) is 0 Å². The summed E-state index contributed by atoms with van der Waals surface area (Å²) in [4.78, 5) is 6.70. The maximum absolute atomic E-state index is 6.38. The lowest BCUT2D eigenvalue weighted by atomic mass is 10.0. The van der Waals surface area contributed by atoms with Crippen molar-refractivity contribution in [3.63, 3.8) is 0 Å². The van der Waals surface area contributed by atoms with Gasteiger partial charge >= 0.3 is 0 Å². The van der Waals surface area contributed by atoms with E-state index in [4.69, 9.17) is 39.8 Å². The van der Waals surface area contributed by atoms with E-state index >= 15 is 0 Å². The molecule has 7 heteroatoms. The van der Waals surface area contributed by atoms with Gasteiger partial charge in [-0.2, -0.15) is 0 Å². The van der Waals surface area contributed by atoms with Crippen LogP contribution in [0.25, 0.3) is 11.3 Å². The minimum Gasteiger partial charge on any atom is -0.459 e. The van der Waals surface area contributed by atoms with Crippen LogP contribution in [0.5, 0.6) is 0 Å². The van der Waals surface area contributed by atoms with Crippen molar-refractivity contribution in [2.45, 2.75) is 25.9 Å². The summed E-state index contributed by atoms with van der Waals surface area (Å²) >= 11 is 18.1. The summed E-state index contributed by atoms with van der Waals surface area (Å²) in [5, 5.41) is 5.09.